The largest absolute Gasteiger partial charge is 0.477 e. The first-order valence-corrected chi connectivity index (χ1v) is 4.14. The Morgan fingerprint density at radius 3 is 2.38 bits per heavy atom. The van der Waals surface area contributed by atoms with E-state index in [1.165, 1.54) is 30.3 Å². The van der Waals surface area contributed by atoms with Gasteiger partial charge in [-0.15, -0.1) is 0 Å². The molecule has 1 rings (SSSR count). The van der Waals surface area contributed by atoms with Gasteiger partial charge in [-0.25, -0.2) is 4.79 Å². The van der Waals surface area contributed by atoms with Crippen LogP contribution in [0.3, 0.4) is 0 Å². The number of non-ortho nitro benzene ring substituents is 1. The van der Waals surface area contributed by atoms with Crippen LogP contribution in [0.4, 0.5) is 5.69 Å². The lowest BCUT2D eigenvalue weighted by atomic mass is 10.1. The Morgan fingerprint density at radius 1 is 1.44 bits per heavy atom. The van der Waals surface area contributed by atoms with E-state index in [0.717, 1.165) is 6.08 Å². The zero-order chi connectivity index (χ0) is 12.1. The highest BCUT2D eigenvalue weighted by molar-refractivity contribution is 5.96. The number of nitriles is 1. The first kappa shape index (κ1) is 11.4. The molecule has 0 aliphatic rings. The molecule has 0 saturated carbocycles. The molecule has 6 nitrogen and oxygen atoms in total. The molecule has 1 aromatic rings. The highest BCUT2D eigenvalue weighted by atomic mass is 16.6. The third-order valence-corrected chi connectivity index (χ3v) is 1.77. The molecule has 0 atom stereocenters. The summed E-state index contributed by atoms with van der Waals surface area (Å²) in [5.74, 6) is -1.33. The lowest BCUT2D eigenvalue weighted by molar-refractivity contribution is -0.384. The van der Waals surface area contributed by atoms with Crippen LogP contribution in [0.15, 0.2) is 29.8 Å². The van der Waals surface area contributed by atoms with Gasteiger partial charge in [0.05, 0.1) is 4.92 Å². The van der Waals surface area contributed by atoms with Crippen LogP contribution in [0.25, 0.3) is 6.08 Å². The molecule has 0 spiro atoms. The van der Waals surface area contributed by atoms with Crippen molar-refractivity contribution in [2.45, 2.75) is 0 Å². The van der Waals surface area contributed by atoms with Gasteiger partial charge >= 0.3 is 5.97 Å². The van der Waals surface area contributed by atoms with E-state index in [2.05, 4.69) is 0 Å². The maximum absolute atomic E-state index is 10.5. The molecule has 6 heteroatoms. The van der Waals surface area contributed by atoms with Crippen molar-refractivity contribution < 1.29 is 14.8 Å². The topological polar surface area (TPSA) is 104 Å². The van der Waals surface area contributed by atoms with E-state index >= 15 is 0 Å². The number of carboxylic acids is 1. The smallest absolute Gasteiger partial charge is 0.346 e. The molecule has 0 heterocycles. The lowest BCUT2D eigenvalue weighted by Crippen LogP contribution is -1.97. The summed E-state index contributed by atoms with van der Waals surface area (Å²) >= 11 is 0. The van der Waals surface area contributed by atoms with Crippen molar-refractivity contribution in [2.75, 3.05) is 0 Å². The third-order valence-electron chi connectivity index (χ3n) is 1.77. The number of carboxylic acid groups (broad SMARTS) is 1. The molecule has 0 saturated heterocycles. The number of carbonyl (C=O) groups is 1. The first-order valence-electron chi connectivity index (χ1n) is 4.14. The minimum Gasteiger partial charge on any atom is -0.477 e. The maximum Gasteiger partial charge on any atom is 0.346 e. The molecule has 0 radical (unpaired) electrons. The Bertz CT molecular complexity index is 497. The quantitative estimate of drug-likeness (QED) is 0.359. The average Bonchev–Trinajstić information content (AvgIpc) is 2.26. The molecule has 16 heavy (non-hydrogen) atoms. The number of nitro benzene ring substituents is 1. The SMILES string of the molecule is N#CC(=Cc1ccc([N+](=O)[O-])cc1)C(=O)O. The Balaban J connectivity index is 3.04. The number of nitro groups is 1. The van der Waals surface area contributed by atoms with Crippen molar-refractivity contribution in [2.24, 2.45) is 0 Å². The van der Waals surface area contributed by atoms with Crippen molar-refractivity contribution in [3.63, 3.8) is 0 Å². The van der Waals surface area contributed by atoms with Crippen molar-refractivity contribution in [1.29, 1.82) is 5.26 Å². The summed E-state index contributed by atoms with van der Waals surface area (Å²) in [6.07, 6.45) is 1.14. The zero-order valence-corrected chi connectivity index (χ0v) is 7.95. The predicted octanol–water partition coefficient (Wildman–Crippen LogP) is 1.59. The lowest BCUT2D eigenvalue weighted by Gasteiger charge is -1.94. The molecule has 0 aromatic heterocycles. The second-order valence-electron chi connectivity index (χ2n) is 2.82. The number of hydrogen-bond donors (Lipinski definition) is 1. The van der Waals surface area contributed by atoms with Gasteiger partial charge in [0, 0.05) is 12.1 Å². The number of benzene rings is 1. The fourth-order valence-electron chi connectivity index (χ4n) is 1.00. The van der Waals surface area contributed by atoms with E-state index in [-0.39, 0.29) is 5.69 Å². The van der Waals surface area contributed by atoms with Gasteiger partial charge in [-0.1, -0.05) is 0 Å². The summed E-state index contributed by atoms with van der Waals surface area (Å²) in [6.45, 7) is 0. The van der Waals surface area contributed by atoms with Crippen LogP contribution >= 0.6 is 0 Å². The van der Waals surface area contributed by atoms with Gasteiger partial charge in [0.2, 0.25) is 0 Å². The number of aliphatic carboxylic acids is 1. The van der Waals surface area contributed by atoms with Gasteiger partial charge < -0.3 is 5.11 Å². The van der Waals surface area contributed by atoms with Gasteiger partial charge in [0.25, 0.3) is 5.69 Å². The molecule has 1 aromatic carbocycles. The van der Waals surface area contributed by atoms with Crippen LogP contribution < -0.4 is 0 Å². The van der Waals surface area contributed by atoms with E-state index in [4.69, 9.17) is 10.4 Å². The number of rotatable bonds is 3. The molecular weight excluding hydrogens is 212 g/mol. The van der Waals surface area contributed by atoms with Gasteiger partial charge in [0.1, 0.15) is 11.6 Å². The van der Waals surface area contributed by atoms with Gasteiger partial charge in [0.15, 0.2) is 0 Å². The highest BCUT2D eigenvalue weighted by Gasteiger charge is 2.07. The Hall–Kier alpha value is -2.68. The summed E-state index contributed by atoms with van der Waals surface area (Å²) in [6, 6.07) is 6.74. The summed E-state index contributed by atoms with van der Waals surface area (Å²) in [5.41, 5.74) is -0.0932. The number of nitrogens with zero attached hydrogens (tertiary/aromatic N) is 2. The third kappa shape index (κ3) is 2.65. The molecule has 0 bridgehead atoms. The van der Waals surface area contributed by atoms with Gasteiger partial charge in [-0.3, -0.25) is 10.1 Å². The molecular formula is C10H6N2O4. The minimum atomic E-state index is -1.33. The van der Waals surface area contributed by atoms with E-state index in [0.29, 0.717) is 5.56 Å². The summed E-state index contributed by atoms with van der Waals surface area (Å²) in [4.78, 5) is 20.3. The van der Waals surface area contributed by atoms with Gasteiger partial charge in [-0.2, -0.15) is 5.26 Å². The molecule has 0 aliphatic carbocycles. The van der Waals surface area contributed by atoms with E-state index in [9.17, 15) is 14.9 Å². The zero-order valence-electron chi connectivity index (χ0n) is 7.95. The van der Waals surface area contributed by atoms with Crippen LogP contribution in [0.1, 0.15) is 5.56 Å². The van der Waals surface area contributed by atoms with Crippen molar-refractivity contribution >= 4 is 17.7 Å². The highest BCUT2D eigenvalue weighted by Crippen LogP contribution is 2.14. The molecule has 1 N–H and O–H groups in total. The monoisotopic (exact) mass is 218 g/mol. The van der Waals surface area contributed by atoms with E-state index in [1.807, 2.05) is 0 Å². The Morgan fingerprint density at radius 2 is 2.00 bits per heavy atom. The summed E-state index contributed by atoms with van der Waals surface area (Å²) in [5, 5.41) is 27.4. The van der Waals surface area contributed by atoms with Crippen molar-refractivity contribution in [1.82, 2.24) is 0 Å². The number of hydrogen-bond acceptors (Lipinski definition) is 4. The fraction of sp³-hybridized carbons (Fsp3) is 0. The molecule has 0 unspecified atom stereocenters. The van der Waals surface area contributed by atoms with E-state index in [1.54, 1.807) is 0 Å². The van der Waals surface area contributed by atoms with Crippen LogP contribution in [0, 0.1) is 21.4 Å². The fourth-order valence-corrected chi connectivity index (χ4v) is 1.00. The molecule has 0 aliphatic heterocycles. The molecule has 0 fully saturated rings. The second kappa shape index (κ2) is 4.70. The molecule has 0 amide bonds. The van der Waals surface area contributed by atoms with Crippen LogP contribution in [0.5, 0.6) is 0 Å². The Kier molecular flexibility index (Phi) is 3.35. The summed E-state index contributed by atoms with van der Waals surface area (Å²) in [7, 11) is 0. The van der Waals surface area contributed by atoms with Gasteiger partial charge in [-0.05, 0) is 23.8 Å². The Labute approximate surface area is 90.2 Å². The summed E-state index contributed by atoms with van der Waals surface area (Å²) < 4.78 is 0. The van der Waals surface area contributed by atoms with Crippen molar-refractivity contribution in [3.05, 3.63) is 45.5 Å². The van der Waals surface area contributed by atoms with Crippen LogP contribution in [0.2, 0.25) is 0 Å². The van der Waals surface area contributed by atoms with Crippen molar-refractivity contribution in [3.8, 4) is 6.07 Å². The standard InChI is InChI=1S/C10H6N2O4/c11-6-8(10(13)14)5-7-1-3-9(4-2-7)12(15)16/h1-5H,(H,13,14). The maximum atomic E-state index is 10.5. The predicted molar refractivity (Wildman–Crippen MR) is 54.3 cm³/mol. The normalized spacial score (nSPS) is 10.6. The van der Waals surface area contributed by atoms with Crippen LogP contribution in [-0.4, -0.2) is 16.0 Å². The second-order valence-corrected chi connectivity index (χ2v) is 2.82. The van der Waals surface area contributed by atoms with E-state index < -0.39 is 16.5 Å². The minimum absolute atomic E-state index is 0.0917. The van der Waals surface area contributed by atoms with Crippen LogP contribution in [-0.2, 0) is 4.79 Å². The molecule has 80 valence electrons. The first-order chi connectivity index (χ1) is 7.54. The average molecular weight is 218 g/mol.